The van der Waals surface area contributed by atoms with Crippen molar-refractivity contribution in [3.63, 3.8) is 0 Å². The van der Waals surface area contributed by atoms with E-state index in [-0.39, 0.29) is 0 Å². The van der Waals surface area contributed by atoms with E-state index in [0.29, 0.717) is 0 Å². The Bertz CT molecular complexity index is 258. The third-order valence-corrected chi connectivity index (χ3v) is 4.28. The standard InChI is InChI=1S/C8H9I2N/c1-11(2)6-3-4-7(9)8(10)5-6/h3-5H,1-2H3. The molecule has 0 aromatic heterocycles. The average molecular weight is 373 g/mol. The Balaban J connectivity index is 3.05. The fourth-order valence-corrected chi connectivity index (χ4v) is 1.60. The molecular formula is C8H9I2N. The Kier molecular flexibility index (Phi) is 3.42. The van der Waals surface area contributed by atoms with Crippen LogP contribution in [-0.2, 0) is 0 Å². The lowest BCUT2D eigenvalue weighted by Gasteiger charge is -2.12. The van der Waals surface area contributed by atoms with Gasteiger partial charge in [0, 0.05) is 26.9 Å². The molecule has 0 fully saturated rings. The molecule has 0 aliphatic rings. The second kappa shape index (κ2) is 3.93. The van der Waals surface area contributed by atoms with Crippen molar-refractivity contribution >= 4 is 50.9 Å². The number of anilines is 1. The van der Waals surface area contributed by atoms with Gasteiger partial charge in [-0.3, -0.25) is 0 Å². The molecule has 11 heavy (non-hydrogen) atoms. The van der Waals surface area contributed by atoms with Crippen molar-refractivity contribution in [3.05, 3.63) is 25.3 Å². The first kappa shape index (κ1) is 9.57. The number of rotatable bonds is 1. The molecule has 1 nitrogen and oxygen atoms in total. The number of hydrogen-bond acceptors (Lipinski definition) is 1. The zero-order chi connectivity index (χ0) is 8.43. The quantitative estimate of drug-likeness (QED) is 0.685. The molecule has 0 aliphatic heterocycles. The highest BCUT2D eigenvalue weighted by atomic mass is 127. The molecule has 1 rings (SSSR count). The van der Waals surface area contributed by atoms with Crippen LogP contribution in [0.1, 0.15) is 0 Å². The van der Waals surface area contributed by atoms with E-state index in [1.165, 1.54) is 12.8 Å². The van der Waals surface area contributed by atoms with Crippen LogP contribution in [0.4, 0.5) is 5.69 Å². The summed E-state index contributed by atoms with van der Waals surface area (Å²) in [6, 6.07) is 6.45. The van der Waals surface area contributed by atoms with E-state index in [1.54, 1.807) is 0 Å². The first-order chi connectivity index (χ1) is 5.11. The van der Waals surface area contributed by atoms with Gasteiger partial charge in [0.1, 0.15) is 0 Å². The van der Waals surface area contributed by atoms with Gasteiger partial charge in [0.15, 0.2) is 0 Å². The minimum atomic E-state index is 1.26. The van der Waals surface area contributed by atoms with Crippen LogP contribution in [0.3, 0.4) is 0 Å². The summed E-state index contributed by atoms with van der Waals surface area (Å²) < 4.78 is 2.63. The topological polar surface area (TPSA) is 3.24 Å². The van der Waals surface area contributed by atoms with E-state index >= 15 is 0 Å². The SMILES string of the molecule is CN(C)c1ccc(I)c(I)c1. The molecule has 0 N–H and O–H groups in total. The summed E-state index contributed by atoms with van der Waals surface area (Å²) in [5, 5.41) is 0. The predicted octanol–water partition coefficient (Wildman–Crippen LogP) is 2.96. The highest BCUT2D eigenvalue weighted by Crippen LogP contribution is 2.20. The molecule has 0 atom stereocenters. The summed E-state index contributed by atoms with van der Waals surface area (Å²) >= 11 is 4.69. The smallest absolute Gasteiger partial charge is 0.0372 e. The number of halogens is 2. The highest BCUT2D eigenvalue weighted by molar-refractivity contribution is 14.1. The molecule has 3 heteroatoms. The lowest BCUT2D eigenvalue weighted by molar-refractivity contribution is 1.13. The van der Waals surface area contributed by atoms with Crippen LogP contribution in [-0.4, -0.2) is 14.1 Å². The fraction of sp³-hybridized carbons (Fsp3) is 0.250. The van der Waals surface area contributed by atoms with Gasteiger partial charge in [0.2, 0.25) is 0 Å². The first-order valence-corrected chi connectivity index (χ1v) is 5.39. The lowest BCUT2D eigenvalue weighted by atomic mass is 10.3. The summed E-state index contributed by atoms with van der Waals surface area (Å²) in [5.41, 5.74) is 1.26. The van der Waals surface area contributed by atoms with Crippen LogP contribution in [0.25, 0.3) is 0 Å². The van der Waals surface area contributed by atoms with Crippen LogP contribution >= 0.6 is 45.2 Å². The van der Waals surface area contributed by atoms with Crippen molar-refractivity contribution in [2.75, 3.05) is 19.0 Å². The predicted molar refractivity (Wildman–Crippen MR) is 66.2 cm³/mol. The van der Waals surface area contributed by atoms with Gasteiger partial charge in [0.05, 0.1) is 0 Å². The highest BCUT2D eigenvalue weighted by Gasteiger charge is 1.98. The van der Waals surface area contributed by atoms with Crippen molar-refractivity contribution in [2.24, 2.45) is 0 Å². The van der Waals surface area contributed by atoms with Crippen LogP contribution in [0.2, 0.25) is 0 Å². The van der Waals surface area contributed by atoms with E-state index in [1.807, 2.05) is 0 Å². The second-order valence-electron chi connectivity index (χ2n) is 2.49. The molecule has 0 spiro atoms. The molecule has 0 radical (unpaired) electrons. The molecule has 1 aromatic carbocycles. The zero-order valence-electron chi connectivity index (χ0n) is 6.44. The Hall–Kier alpha value is 0.480. The van der Waals surface area contributed by atoms with Crippen LogP contribution in [0.15, 0.2) is 18.2 Å². The Morgan fingerprint density at radius 2 is 1.73 bits per heavy atom. The van der Waals surface area contributed by atoms with Crippen LogP contribution in [0, 0.1) is 7.14 Å². The largest absolute Gasteiger partial charge is 0.378 e. The normalized spacial score (nSPS) is 9.82. The Labute approximate surface area is 94.4 Å². The Morgan fingerprint density at radius 3 is 2.18 bits per heavy atom. The minimum absolute atomic E-state index is 1.26. The third kappa shape index (κ3) is 2.47. The molecule has 0 bridgehead atoms. The second-order valence-corrected chi connectivity index (χ2v) is 4.82. The zero-order valence-corrected chi connectivity index (χ0v) is 10.8. The monoisotopic (exact) mass is 373 g/mol. The minimum Gasteiger partial charge on any atom is -0.378 e. The molecule has 60 valence electrons. The number of benzene rings is 1. The van der Waals surface area contributed by atoms with E-state index in [0.717, 1.165) is 0 Å². The summed E-state index contributed by atoms with van der Waals surface area (Å²) in [6.07, 6.45) is 0. The van der Waals surface area contributed by atoms with Crippen molar-refractivity contribution in [2.45, 2.75) is 0 Å². The van der Waals surface area contributed by atoms with Gasteiger partial charge in [-0.25, -0.2) is 0 Å². The summed E-state index contributed by atoms with van der Waals surface area (Å²) in [4.78, 5) is 2.11. The maximum Gasteiger partial charge on any atom is 0.0372 e. The molecule has 0 unspecified atom stereocenters. The average Bonchev–Trinajstić information content (AvgIpc) is 1.94. The molecule has 0 heterocycles. The fourth-order valence-electron chi connectivity index (χ4n) is 0.763. The number of hydrogen-bond donors (Lipinski definition) is 0. The lowest BCUT2D eigenvalue weighted by Crippen LogP contribution is -2.08. The third-order valence-electron chi connectivity index (χ3n) is 1.42. The summed E-state index contributed by atoms with van der Waals surface area (Å²) in [5.74, 6) is 0. The summed E-state index contributed by atoms with van der Waals surface area (Å²) in [6.45, 7) is 0. The van der Waals surface area contributed by atoms with Gasteiger partial charge in [-0.15, -0.1) is 0 Å². The van der Waals surface area contributed by atoms with Gasteiger partial charge in [-0.1, -0.05) is 0 Å². The van der Waals surface area contributed by atoms with Gasteiger partial charge in [0.25, 0.3) is 0 Å². The Morgan fingerprint density at radius 1 is 1.09 bits per heavy atom. The van der Waals surface area contributed by atoms with Crippen molar-refractivity contribution in [1.29, 1.82) is 0 Å². The molecule has 0 saturated carbocycles. The number of nitrogens with zero attached hydrogens (tertiary/aromatic N) is 1. The van der Waals surface area contributed by atoms with Gasteiger partial charge >= 0.3 is 0 Å². The summed E-state index contributed by atoms with van der Waals surface area (Å²) in [7, 11) is 4.11. The van der Waals surface area contributed by atoms with Gasteiger partial charge in [-0.05, 0) is 63.4 Å². The molecular weight excluding hydrogens is 364 g/mol. The molecule has 0 saturated heterocycles. The first-order valence-electron chi connectivity index (χ1n) is 3.23. The van der Waals surface area contributed by atoms with Crippen molar-refractivity contribution in [1.82, 2.24) is 0 Å². The van der Waals surface area contributed by atoms with E-state index < -0.39 is 0 Å². The van der Waals surface area contributed by atoms with E-state index in [9.17, 15) is 0 Å². The van der Waals surface area contributed by atoms with Crippen molar-refractivity contribution in [3.8, 4) is 0 Å². The van der Waals surface area contributed by atoms with Gasteiger partial charge in [-0.2, -0.15) is 0 Å². The van der Waals surface area contributed by atoms with E-state index in [4.69, 9.17) is 0 Å². The maximum absolute atomic E-state index is 2.35. The molecule has 1 aromatic rings. The molecule has 0 aliphatic carbocycles. The molecule has 0 amide bonds. The van der Waals surface area contributed by atoms with Crippen LogP contribution < -0.4 is 4.90 Å². The van der Waals surface area contributed by atoms with E-state index in [2.05, 4.69) is 82.4 Å². The van der Waals surface area contributed by atoms with Gasteiger partial charge < -0.3 is 4.90 Å². The maximum atomic E-state index is 2.35. The van der Waals surface area contributed by atoms with Crippen LogP contribution in [0.5, 0.6) is 0 Å². The van der Waals surface area contributed by atoms with Crippen molar-refractivity contribution < 1.29 is 0 Å².